The molecule has 15 heteroatoms. The average molecular weight is 723 g/mol. The predicted molar refractivity (Wildman–Crippen MR) is 195 cm³/mol. The van der Waals surface area contributed by atoms with Gasteiger partial charge < -0.3 is 30.3 Å². The van der Waals surface area contributed by atoms with E-state index in [4.69, 9.17) is 4.74 Å². The zero-order valence-electron chi connectivity index (χ0n) is 29.0. The van der Waals surface area contributed by atoms with Crippen LogP contribution in [0.1, 0.15) is 35.5 Å². The van der Waals surface area contributed by atoms with Gasteiger partial charge in [-0.25, -0.2) is 25.0 Å². The van der Waals surface area contributed by atoms with Gasteiger partial charge in [0.1, 0.15) is 12.6 Å². The molecule has 0 aliphatic rings. The Hall–Kier alpha value is -4.57. The van der Waals surface area contributed by atoms with Crippen LogP contribution in [0.3, 0.4) is 0 Å². The van der Waals surface area contributed by atoms with E-state index in [0.29, 0.717) is 12.2 Å². The molecule has 268 valence electrons. The lowest BCUT2D eigenvalue weighted by Crippen LogP contribution is -2.64. The van der Waals surface area contributed by atoms with E-state index in [1.165, 1.54) is 27.6 Å². The minimum atomic E-state index is -1.13. The first-order valence-corrected chi connectivity index (χ1v) is 18.0. The van der Waals surface area contributed by atoms with Gasteiger partial charge in [-0.15, -0.1) is 22.7 Å². The third-order valence-electron chi connectivity index (χ3n) is 7.75. The monoisotopic (exact) mass is 722 g/mol. The molecule has 2 aromatic carbocycles. The maximum Gasteiger partial charge on any atom is 0.426 e. The van der Waals surface area contributed by atoms with Crippen LogP contribution in [0.2, 0.25) is 0 Å². The summed E-state index contributed by atoms with van der Waals surface area (Å²) in [7, 11) is 5.42. The standard InChI is InChI=1S/C35H46N8O5S2/c1-24(2)31(39-33(46)42(5)20-27-22-49-34(38-27)41(3)4)32(45)43(40-35(47)48-21-28-18-37-23-50-28)29(16-25-12-8-6-9-13-25)30(44)19-36-17-26-14-10-7-11-15-26/h6-15,18,22-24,29-31,36,44H,16-17,19-21H2,1-5H3,(H,39,46)(H,40,47)/t29-,30-,31-/m0/s1. The molecule has 0 saturated carbocycles. The second kappa shape index (κ2) is 19.0. The highest BCUT2D eigenvalue weighted by molar-refractivity contribution is 7.13. The number of thiazole rings is 2. The molecule has 3 atom stereocenters. The summed E-state index contributed by atoms with van der Waals surface area (Å²) in [6, 6.07) is 16.6. The summed E-state index contributed by atoms with van der Waals surface area (Å²) < 4.78 is 5.46. The van der Waals surface area contributed by atoms with Crippen LogP contribution in [-0.2, 0) is 35.6 Å². The van der Waals surface area contributed by atoms with Crippen LogP contribution < -0.4 is 21.0 Å². The maximum atomic E-state index is 14.5. The molecule has 13 nitrogen and oxygen atoms in total. The van der Waals surface area contributed by atoms with Crippen molar-refractivity contribution in [3.63, 3.8) is 0 Å². The van der Waals surface area contributed by atoms with E-state index in [-0.39, 0.29) is 32.0 Å². The lowest BCUT2D eigenvalue weighted by Gasteiger charge is -2.38. The number of hydrogen-bond acceptors (Lipinski definition) is 11. The number of urea groups is 1. The number of aromatic nitrogens is 2. The summed E-state index contributed by atoms with van der Waals surface area (Å²) in [5.74, 6) is -0.995. The van der Waals surface area contributed by atoms with Gasteiger partial charge in [0, 0.05) is 45.8 Å². The Kier molecular flexibility index (Phi) is 14.5. The third kappa shape index (κ3) is 11.5. The van der Waals surface area contributed by atoms with Crippen LogP contribution >= 0.6 is 22.7 Å². The van der Waals surface area contributed by atoms with Crippen LogP contribution in [0.15, 0.2) is 77.8 Å². The second-order valence-corrected chi connectivity index (χ2v) is 14.2. The van der Waals surface area contributed by atoms with E-state index in [2.05, 4.69) is 26.0 Å². The molecule has 4 amide bonds. The fourth-order valence-electron chi connectivity index (χ4n) is 5.03. The number of amides is 4. The summed E-state index contributed by atoms with van der Waals surface area (Å²) in [6.07, 6.45) is -0.228. The van der Waals surface area contributed by atoms with Gasteiger partial charge in [0.25, 0.3) is 5.91 Å². The maximum absolute atomic E-state index is 14.5. The average Bonchev–Trinajstić information content (AvgIpc) is 3.81. The summed E-state index contributed by atoms with van der Waals surface area (Å²) in [5, 5.41) is 21.6. The number of hydrogen-bond donors (Lipinski definition) is 4. The van der Waals surface area contributed by atoms with Gasteiger partial charge in [0.05, 0.1) is 34.8 Å². The predicted octanol–water partition coefficient (Wildman–Crippen LogP) is 4.26. The number of nitrogens with zero attached hydrogens (tertiary/aromatic N) is 5. The minimum Gasteiger partial charge on any atom is -0.443 e. The van der Waals surface area contributed by atoms with Crippen LogP contribution in [0.25, 0.3) is 0 Å². The number of carbonyl (C=O) groups is 3. The van der Waals surface area contributed by atoms with Crippen molar-refractivity contribution in [2.75, 3.05) is 32.6 Å². The smallest absolute Gasteiger partial charge is 0.426 e. The van der Waals surface area contributed by atoms with Crippen molar-refractivity contribution >= 4 is 45.8 Å². The highest BCUT2D eigenvalue weighted by atomic mass is 32.1. The Morgan fingerprint density at radius 1 is 0.960 bits per heavy atom. The van der Waals surface area contributed by atoms with Crippen LogP contribution in [-0.4, -0.2) is 88.9 Å². The van der Waals surface area contributed by atoms with Gasteiger partial charge >= 0.3 is 12.1 Å². The van der Waals surface area contributed by atoms with Gasteiger partial charge in [0.15, 0.2) is 5.13 Å². The number of nitrogens with one attached hydrogen (secondary N) is 3. The number of aliphatic hydroxyl groups is 1. The van der Waals surface area contributed by atoms with Crippen LogP contribution in [0.5, 0.6) is 0 Å². The number of aliphatic hydroxyl groups excluding tert-OH is 1. The Morgan fingerprint density at radius 2 is 1.64 bits per heavy atom. The van der Waals surface area contributed by atoms with Gasteiger partial charge in [-0.3, -0.25) is 9.78 Å². The minimum absolute atomic E-state index is 0.0512. The fourth-order valence-corrected chi connectivity index (χ4v) is 6.28. The van der Waals surface area contributed by atoms with Crippen molar-refractivity contribution in [1.29, 1.82) is 0 Å². The summed E-state index contributed by atoms with van der Waals surface area (Å²) in [4.78, 5) is 53.9. The van der Waals surface area contributed by atoms with Gasteiger partial charge in [-0.2, -0.15) is 0 Å². The first-order valence-electron chi connectivity index (χ1n) is 16.3. The number of rotatable bonds is 16. The van der Waals surface area contributed by atoms with Crippen LogP contribution in [0, 0.1) is 5.92 Å². The molecule has 0 radical (unpaired) electrons. The van der Waals surface area contributed by atoms with Crippen molar-refractivity contribution in [2.24, 2.45) is 5.92 Å². The number of carbonyl (C=O) groups excluding carboxylic acids is 3. The highest BCUT2D eigenvalue weighted by Gasteiger charge is 2.38. The molecule has 0 fully saturated rings. The van der Waals surface area contributed by atoms with Crippen molar-refractivity contribution < 1.29 is 24.2 Å². The van der Waals surface area contributed by atoms with Gasteiger partial charge in [0.2, 0.25) is 0 Å². The lowest BCUT2D eigenvalue weighted by atomic mass is 9.97. The molecule has 0 spiro atoms. The third-order valence-corrected chi connectivity index (χ3v) is 9.56. The number of anilines is 1. The normalized spacial score (nSPS) is 12.9. The molecule has 4 N–H and O–H groups in total. The summed E-state index contributed by atoms with van der Waals surface area (Å²) in [5.41, 5.74) is 6.82. The molecular formula is C35H46N8O5S2. The molecular weight excluding hydrogens is 677 g/mol. The first kappa shape index (κ1) is 38.2. The zero-order valence-corrected chi connectivity index (χ0v) is 30.6. The Morgan fingerprint density at radius 3 is 2.24 bits per heavy atom. The number of hydrazine groups is 1. The first-order chi connectivity index (χ1) is 24.0. The second-order valence-electron chi connectivity index (χ2n) is 12.3. The Bertz CT molecular complexity index is 1620. The van der Waals surface area contributed by atoms with Crippen molar-refractivity contribution in [3.8, 4) is 0 Å². The quantitative estimate of drug-likeness (QED) is 0.124. The van der Waals surface area contributed by atoms with E-state index < -0.39 is 36.2 Å². The SMILES string of the molecule is CC(C)[C@H](NC(=O)N(C)Cc1csc(N(C)C)n1)C(=O)N(NC(=O)OCc1cncs1)[C@@H](Cc1ccccc1)[C@@H](O)CNCc1ccccc1. The molecule has 0 unspecified atom stereocenters. The summed E-state index contributed by atoms with van der Waals surface area (Å²) in [6.45, 7) is 4.37. The van der Waals surface area contributed by atoms with Gasteiger partial charge in [-0.05, 0) is 23.5 Å². The molecule has 4 aromatic rings. The van der Waals surface area contributed by atoms with Crippen LogP contribution in [0.4, 0.5) is 14.7 Å². The topological polar surface area (TPSA) is 152 Å². The lowest BCUT2D eigenvalue weighted by molar-refractivity contribution is -0.143. The molecule has 0 bridgehead atoms. The summed E-state index contributed by atoms with van der Waals surface area (Å²) >= 11 is 2.80. The van der Waals surface area contributed by atoms with E-state index >= 15 is 0 Å². The molecule has 0 aliphatic carbocycles. The number of ether oxygens (including phenoxy) is 1. The molecule has 2 aromatic heterocycles. The van der Waals surface area contributed by atoms with Crippen molar-refractivity contribution in [1.82, 2.24) is 35.9 Å². The van der Waals surface area contributed by atoms with E-state index in [0.717, 1.165) is 26.1 Å². The molecule has 4 rings (SSSR count). The van der Waals surface area contributed by atoms with E-state index in [1.54, 1.807) is 32.6 Å². The van der Waals surface area contributed by atoms with Crippen molar-refractivity contribution in [3.05, 3.63) is 99.4 Å². The molecule has 2 heterocycles. The molecule has 0 aliphatic heterocycles. The van der Waals surface area contributed by atoms with E-state index in [9.17, 15) is 19.5 Å². The zero-order chi connectivity index (χ0) is 36.0. The fraction of sp³-hybridized carbons (Fsp3) is 0.400. The van der Waals surface area contributed by atoms with E-state index in [1.807, 2.05) is 85.0 Å². The number of benzene rings is 2. The Balaban J connectivity index is 1.58. The Labute approximate surface area is 301 Å². The van der Waals surface area contributed by atoms with Gasteiger partial charge in [-0.1, -0.05) is 74.5 Å². The largest absolute Gasteiger partial charge is 0.443 e. The molecule has 50 heavy (non-hydrogen) atoms. The van der Waals surface area contributed by atoms with Crippen molar-refractivity contribution in [2.45, 2.75) is 58.2 Å². The molecule has 0 saturated heterocycles. The highest BCUT2D eigenvalue weighted by Crippen LogP contribution is 2.20.